The van der Waals surface area contributed by atoms with Gasteiger partial charge in [0.15, 0.2) is 0 Å². The maximum atomic E-state index is 12.5. The fourth-order valence-electron chi connectivity index (χ4n) is 3.06. The number of carbonyl (C=O) groups excluding carboxylic acids is 1. The van der Waals surface area contributed by atoms with Crippen LogP contribution in [0.25, 0.3) is 10.9 Å². The summed E-state index contributed by atoms with van der Waals surface area (Å²) in [5, 5.41) is 3.71. The molecule has 28 heavy (non-hydrogen) atoms. The minimum absolute atomic E-state index is 0.0314. The van der Waals surface area contributed by atoms with Crippen molar-refractivity contribution in [2.75, 3.05) is 22.4 Å². The van der Waals surface area contributed by atoms with Gasteiger partial charge >= 0.3 is 0 Å². The number of nitrogens with one attached hydrogen (secondary N) is 1. The third-order valence-corrected chi connectivity index (χ3v) is 5.88. The number of rotatable bonds is 6. The van der Waals surface area contributed by atoms with Crippen LogP contribution in [0.5, 0.6) is 0 Å². The molecule has 6 nitrogen and oxygen atoms in total. The summed E-state index contributed by atoms with van der Waals surface area (Å²) in [5.74, 6) is -0.240. The molecule has 1 amide bonds. The average Bonchev–Trinajstić information content (AvgIpc) is 2.65. The van der Waals surface area contributed by atoms with Crippen molar-refractivity contribution in [3.63, 3.8) is 0 Å². The summed E-state index contributed by atoms with van der Waals surface area (Å²) in [4.78, 5) is 16.8. The number of benzene rings is 2. The van der Waals surface area contributed by atoms with Gasteiger partial charge in [0.1, 0.15) is 0 Å². The van der Waals surface area contributed by atoms with Gasteiger partial charge in [-0.05, 0) is 43.2 Å². The Morgan fingerprint density at radius 1 is 1.07 bits per heavy atom. The van der Waals surface area contributed by atoms with E-state index in [9.17, 15) is 13.2 Å². The van der Waals surface area contributed by atoms with Crippen molar-refractivity contribution in [2.45, 2.75) is 20.3 Å². The molecule has 0 atom stereocenters. The lowest BCUT2D eigenvalue weighted by Crippen LogP contribution is -2.33. The molecule has 0 unspecified atom stereocenters. The Kier molecular flexibility index (Phi) is 5.65. The molecule has 3 rings (SSSR count). The van der Waals surface area contributed by atoms with Crippen molar-refractivity contribution in [1.29, 1.82) is 0 Å². The Hall–Kier alpha value is -2.93. The molecule has 1 heterocycles. The minimum Gasteiger partial charge on any atom is -0.326 e. The monoisotopic (exact) mass is 397 g/mol. The summed E-state index contributed by atoms with van der Waals surface area (Å²) in [6.07, 6.45) is 2.79. The highest BCUT2D eigenvalue weighted by Gasteiger charge is 2.21. The van der Waals surface area contributed by atoms with E-state index in [0.717, 1.165) is 28.5 Å². The lowest BCUT2D eigenvalue weighted by molar-refractivity contribution is -0.116. The Bertz CT molecular complexity index is 1120. The van der Waals surface area contributed by atoms with E-state index in [1.165, 1.54) is 4.31 Å². The van der Waals surface area contributed by atoms with Gasteiger partial charge in [0.25, 0.3) is 0 Å². The molecule has 0 radical (unpaired) electrons. The molecule has 0 saturated carbocycles. The standard InChI is InChI=1S/C21H23N3O3S/c1-15-7-4-10-18(16(15)2)23-20(25)12-14-24(28(3,26)27)19-11-5-8-17-9-6-13-22-21(17)19/h4-11,13H,12,14H2,1-3H3,(H,23,25). The third-order valence-electron chi connectivity index (χ3n) is 4.70. The van der Waals surface area contributed by atoms with E-state index in [2.05, 4.69) is 10.3 Å². The smallest absolute Gasteiger partial charge is 0.232 e. The van der Waals surface area contributed by atoms with Crippen LogP contribution in [-0.4, -0.2) is 32.1 Å². The van der Waals surface area contributed by atoms with E-state index in [0.29, 0.717) is 11.2 Å². The van der Waals surface area contributed by atoms with Gasteiger partial charge in [-0.25, -0.2) is 8.42 Å². The summed E-state index contributed by atoms with van der Waals surface area (Å²) in [6, 6.07) is 14.7. The molecule has 0 fully saturated rings. The van der Waals surface area contributed by atoms with Crippen molar-refractivity contribution in [1.82, 2.24) is 4.98 Å². The van der Waals surface area contributed by atoms with E-state index in [4.69, 9.17) is 0 Å². The van der Waals surface area contributed by atoms with Crippen molar-refractivity contribution in [3.05, 3.63) is 65.9 Å². The predicted molar refractivity (Wildman–Crippen MR) is 113 cm³/mol. The second-order valence-corrected chi connectivity index (χ2v) is 8.64. The molecule has 146 valence electrons. The van der Waals surface area contributed by atoms with Crippen LogP contribution in [0, 0.1) is 13.8 Å². The van der Waals surface area contributed by atoms with Crippen LogP contribution in [0.4, 0.5) is 11.4 Å². The molecule has 0 spiro atoms. The van der Waals surface area contributed by atoms with Gasteiger partial charge in [-0.1, -0.05) is 30.3 Å². The highest BCUT2D eigenvalue weighted by Crippen LogP contribution is 2.27. The first-order chi connectivity index (χ1) is 13.3. The van der Waals surface area contributed by atoms with Crippen molar-refractivity contribution in [3.8, 4) is 0 Å². The molecule has 0 bridgehead atoms. The number of hydrogen-bond donors (Lipinski definition) is 1. The van der Waals surface area contributed by atoms with E-state index >= 15 is 0 Å². The van der Waals surface area contributed by atoms with Gasteiger partial charge in [-0.2, -0.15) is 0 Å². The van der Waals surface area contributed by atoms with Crippen LogP contribution in [-0.2, 0) is 14.8 Å². The molecule has 1 N–H and O–H groups in total. The minimum atomic E-state index is -3.58. The molecule has 3 aromatic rings. The van der Waals surface area contributed by atoms with Crippen LogP contribution in [0.2, 0.25) is 0 Å². The van der Waals surface area contributed by atoms with Gasteiger partial charge < -0.3 is 5.32 Å². The molecule has 0 saturated heterocycles. The lowest BCUT2D eigenvalue weighted by Gasteiger charge is -2.23. The zero-order valence-corrected chi connectivity index (χ0v) is 17.0. The molecular weight excluding hydrogens is 374 g/mol. The van der Waals surface area contributed by atoms with Crippen LogP contribution >= 0.6 is 0 Å². The van der Waals surface area contributed by atoms with Crippen LogP contribution in [0.1, 0.15) is 17.5 Å². The van der Waals surface area contributed by atoms with Crippen molar-refractivity contribution >= 4 is 38.2 Å². The topological polar surface area (TPSA) is 79.4 Å². The summed E-state index contributed by atoms with van der Waals surface area (Å²) in [7, 11) is -3.58. The molecule has 0 aliphatic heterocycles. The highest BCUT2D eigenvalue weighted by atomic mass is 32.2. The SMILES string of the molecule is Cc1cccc(NC(=O)CCN(c2cccc3cccnc23)S(C)(=O)=O)c1C. The maximum Gasteiger partial charge on any atom is 0.232 e. The molecular formula is C21H23N3O3S. The largest absolute Gasteiger partial charge is 0.326 e. The van der Waals surface area contributed by atoms with Crippen molar-refractivity contribution < 1.29 is 13.2 Å². The fraction of sp³-hybridized carbons (Fsp3) is 0.238. The molecule has 0 aliphatic rings. The Morgan fingerprint density at radius 2 is 1.79 bits per heavy atom. The normalized spacial score (nSPS) is 11.4. The number of aromatic nitrogens is 1. The Labute approximate surface area is 165 Å². The average molecular weight is 398 g/mol. The summed E-state index contributed by atoms with van der Waals surface area (Å²) in [6.45, 7) is 3.95. The number of anilines is 2. The molecule has 2 aromatic carbocycles. The number of pyridine rings is 1. The van der Waals surface area contributed by atoms with E-state index in [-0.39, 0.29) is 18.9 Å². The van der Waals surface area contributed by atoms with E-state index in [1.54, 1.807) is 24.4 Å². The first kappa shape index (κ1) is 19.8. The van der Waals surface area contributed by atoms with Crippen LogP contribution in [0.3, 0.4) is 0 Å². The van der Waals surface area contributed by atoms with Crippen LogP contribution in [0.15, 0.2) is 54.7 Å². The van der Waals surface area contributed by atoms with Gasteiger partial charge in [-0.3, -0.25) is 14.1 Å². The number of amides is 1. The zero-order valence-electron chi connectivity index (χ0n) is 16.1. The number of aryl methyl sites for hydroxylation is 1. The molecule has 1 aromatic heterocycles. The number of carbonyl (C=O) groups is 1. The number of hydrogen-bond acceptors (Lipinski definition) is 4. The number of nitrogens with zero attached hydrogens (tertiary/aromatic N) is 2. The summed E-state index contributed by atoms with van der Waals surface area (Å²) < 4.78 is 26.1. The van der Waals surface area contributed by atoms with Crippen LogP contribution < -0.4 is 9.62 Å². The van der Waals surface area contributed by atoms with Crippen molar-refractivity contribution in [2.24, 2.45) is 0 Å². The lowest BCUT2D eigenvalue weighted by atomic mass is 10.1. The third kappa shape index (κ3) is 4.31. The number of para-hydroxylation sites is 1. The first-order valence-electron chi connectivity index (χ1n) is 8.95. The predicted octanol–water partition coefficient (Wildman–Crippen LogP) is 3.65. The number of fused-ring (bicyclic) bond motifs is 1. The highest BCUT2D eigenvalue weighted by molar-refractivity contribution is 7.92. The Balaban J connectivity index is 1.82. The zero-order chi connectivity index (χ0) is 20.3. The summed E-state index contributed by atoms with van der Waals surface area (Å²) in [5.41, 5.74) is 3.87. The van der Waals surface area contributed by atoms with E-state index in [1.807, 2.05) is 44.2 Å². The van der Waals surface area contributed by atoms with Gasteiger partial charge in [-0.15, -0.1) is 0 Å². The quantitative estimate of drug-likeness (QED) is 0.689. The van der Waals surface area contributed by atoms with Gasteiger partial charge in [0, 0.05) is 30.2 Å². The summed E-state index contributed by atoms with van der Waals surface area (Å²) >= 11 is 0. The second-order valence-electron chi connectivity index (χ2n) is 6.73. The van der Waals surface area contributed by atoms with Gasteiger partial charge in [0.2, 0.25) is 15.9 Å². The fourth-order valence-corrected chi connectivity index (χ4v) is 3.98. The molecule has 7 heteroatoms. The maximum absolute atomic E-state index is 12.5. The number of sulfonamides is 1. The first-order valence-corrected chi connectivity index (χ1v) is 10.8. The van der Waals surface area contributed by atoms with E-state index < -0.39 is 10.0 Å². The second kappa shape index (κ2) is 7.98. The Morgan fingerprint density at radius 3 is 2.54 bits per heavy atom. The van der Waals surface area contributed by atoms with Gasteiger partial charge in [0.05, 0.1) is 17.5 Å². The molecule has 0 aliphatic carbocycles.